The maximum Gasteiger partial charge on any atom is 0.215 e. The van der Waals surface area contributed by atoms with Gasteiger partial charge >= 0.3 is 0 Å². The molecule has 21 heavy (non-hydrogen) atoms. The number of nitrogens with zero attached hydrogens (tertiary/aromatic N) is 6. The van der Waals surface area contributed by atoms with Crippen molar-refractivity contribution in [1.82, 2.24) is 30.2 Å². The zero-order chi connectivity index (χ0) is 14.8. The molecule has 0 bridgehead atoms. The third kappa shape index (κ3) is 2.85. The number of anilines is 1. The van der Waals surface area contributed by atoms with E-state index in [1.165, 1.54) is 24.6 Å². The maximum absolute atomic E-state index is 5.96. The highest BCUT2D eigenvalue weighted by atomic mass is 32.2. The Morgan fingerprint density at radius 1 is 1.29 bits per heavy atom. The summed E-state index contributed by atoms with van der Waals surface area (Å²) in [6.07, 6.45) is 5.53. The van der Waals surface area contributed by atoms with E-state index in [-0.39, 0.29) is 0 Å². The van der Waals surface area contributed by atoms with E-state index < -0.39 is 0 Å². The molecule has 3 rings (SSSR count). The quantitative estimate of drug-likeness (QED) is 0.865. The topological polar surface area (TPSA) is 95.4 Å². The average Bonchev–Trinajstić information content (AvgIpc) is 3.14. The molecule has 1 saturated carbocycles. The van der Waals surface area contributed by atoms with Crippen LogP contribution in [0.3, 0.4) is 0 Å². The molecule has 0 amide bonds. The molecule has 8 heteroatoms. The number of hydrogen-bond donors (Lipinski definition) is 1. The summed E-state index contributed by atoms with van der Waals surface area (Å²) in [4.78, 5) is 8.83. The zero-order valence-corrected chi connectivity index (χ0v) is 13.1. The van der Waals surface area contributed by atoms with E-state index >= 15 is 0 Å². The van der Waals surface area contributed by atoms with Gasteiger partial charge in [0.15, 0.2) is 0 Å². The van der Waals surface area contributed by atoms with Crippen LogP contribution in [-0.4, -0.2) is 30.2 Å². The van der Waals surface area contributed by atoms with Gasteiger partial charge < -0.3 is 5.73 Å². The Labute approximate surface area is 127 Å². The molecule has 2 aromatic heterocycles. The molecule has 7 nitrogen and oxygen atoms in total. The van der Waals surface area contributed by atoms with Gasteiger partial charge in [0, 0.05) is 12.0 Å². The Morgan fingerprint density at radius 2 is 2.05 bits per heavy atom. The van der Waals surface area contributed by atoms with Crippen molar-refractivity contribution in [3.8, 4) is 0 Å². The van der Waals surface area contributed by atoms with Crippen LogP contribution in [0.1, 0.15) is 50.0 Å². The SMILES string of the molecule is CCc1nc(N)c(C)c(Sc2nnnn2C2CCCC2)n1. The Morgan fingerprint density at radius 3 is 2.76 bits per heavy atom. The van der Waals surface area contributed by atoms with Gasteiger partial charge in [0.25, 0.3) is 0 Å². The second-order valence-corrected chi connectivity index (χ2v) is 6.21. The Balaban J connectivity index is 1.90. The highest BCUT2D eigenvalue weighted by Crippen LogP contribution is 2.34. The largest absolute Gasteiger partial charge is 0.383 e. The number of nitrogens with two attached hydrogens (primary N) is 1. The summed E-state index contributed by atoms with van der Waals surface area (Å²) in [6.45, 7) is 3.95. The molecule has 0 aliphatic heterocycles. The second kappa shape index (κ2) is 5.97. The van der Waals surface area contributed by atoms with Gasteiger partial charge in [0.2, 0.25) is 5.16 Å². The Bertz CT molecular complexity index is 633. The predicted molar refractivity (Wildman–Crippen MR) is 80.0 cm³/mol. The van der Waals surface area contributed by atoms with E-state index in [1.807, 2.05) is 18.5 Å². The highest BCUT2D eigenvalue weighted by Gasteiger charge is 2.23. The number of hydrogen-bond acceptors (Lipinski definition) is 7. The Kier molecular flexibility index (Phi) is 4.05. The minimum atomic E-state index is 0.410. The summed E-state index contributed by atoms with van der Waals surface area (Å²) < 4.78 is 1.93. The first-order valence-corrected chi connectivity index (χ1v) is 8.09. The van der Waals surface area contributed by atoms with Gasteiger partial charge in [-0.2, -0.15) is 0 Å². The van der Waals surface area contributed by atoms with Crippen molar-refractivity contribution >= 4 is 17.6 Å². The number of aryl methyl sites for hydroxylation is 1. The molecule has 0 aromatic carbocycles. The summed E-state index contributed by atoms with van der Waals surface area (Å²) in [5, 5.41) is 13.7. The smallest absolute Gasteiger partial charge is 0.215 e. The fraction of sp³-hybridized carbons (Fsp3) is 0.615. The summed E-state index contributed by atoms with van der Waals surface area (Å²) in [5.41, 5.74) is 6.85. The van der Waals surface area contributed by atoms with Crippen molar-refractivity contribution in [2.24, 2.45) is 0 Å². The van der Waals surface area contributed by atoms with Crippen LogP contribution < -0.4 is 5.73 Å². The van der Waals surface area contributed by atoms with E-state index in [0.717, 1.165) is 40.8 Å². The van der Waals surface area contributed by atoms with Gasteiger partial charge in [-0.3, -0.25) is 0 Å². The van der Waals surface area contributed by atoms with Crippen LogP contribution in [0.4, 0.5) is 5.82 Å². The van der Waals surface area contributed by atoms with Crippen LogP contribution in [0.2, 0.25) is 0 Å². The number of rotatable bonds is 4. The highest BCUT2D eigenvalue weighted by molar-refractivity contribution is 7.99. The molecular weight excluding hydrogens is 286 g/mol. The first kappa shape index (κ1) is 14.2. The molecule has 112 valence electrons. The van der Waals surface area contributed by atoms with Crippen LogP contribution in [0.25, 0.3) is 0 Å². The average molecular weight is 305 g/mol. The van der Waals surface area contributed by atoms with Crippen LogP contribution in [-0.2, 0) is 6.42 Å². The molecule has 0 spiro atoms. The lowest BCUT2D eigenvalue weighted by molar-refractivity contribution is 0.423. The van der Waals surface area contributed by atoms with E-state index in [0.29, 0.717) is 11.9 Å². The van der Waals surface area contributed by atoms with Gasteiger partial charge in [-0.1, -0.05) is 19.8 Å². The van der Waals surface area contributed by atoms with Crippen LogP contribution in [0, 0.1) is 6.92 Å². The van der Waals surface area contributed by atoms with E-state index in [2.05, 4.69) is 25.5 Å². The van der Waals surface area contributed by atoms with E-state index in [4.69, 9.17) is 5.73 Å². The summed E-state index contributed by atoms with van der Waals surface area (Å²) >= 11 is 1.47. The standard InChI is InChI=1S/C13H19N7S/c1-3-10-15-11(14)8(2)12(16-10)21-13-17-18-19-20(13)9-6-4-5-7-9/h9H,3-7H2,1-2H3,(H2,14,15,16). The molecule has 1 aliphatic rings. The van der Waals surface area contributed by atoms with E-state index in [1.54, 1.807) is 0 Å². The van der Waals surface area contributed by atoms with Gasteiger partial charge in [-0.25, -0.2) is 14.6 Å². The monoisotopic (exact) mass is 305 g/mol. The fourth-order valence-electron chi connectivity index (χ4n) is 2.53. The summed E-state index contributed by atoms with van der Waals surface area (Å²) in [6, 6.07) is 0.410. The Hall–Kier alpha value is -1.70. The molecule has 0 unspecified atom stereocenters. The fourth-order valence-corrected chi connectivity index (χ4v) is 3.47. The van der Waals surface area contributed by atoms with Crippen molar-refractivity contribution < 1.29 is 0 Å². The molecule has 1 fully saturated rings. The minimum absolute atomic E-state index is 0.410. The van der Waals surface area contributed by atoms with Crippen molar-refractivity contribution in [3.63, 3.8) is 0 Å². The first-order valence-electron chi connectivity index (χ1n) is 7.27. The van der Waals surface area contributed by atoms with Gasteiger partial charge in [0.05, 0.1) is 6.04 Å². The number of aromatic nitrogens is 6. The molecular formula is C13H19N7S. The first-order chi connectivity index (χ1) is 10.2. The van der Waals surface area contributed by atoms with Crippen molar-refractivity contribution in [3.05, 3.63) is 11.4 Å². The summed E-state index contributed by atoms with van der Waals surface area (Å²) in [7, 11) is 0. The lowest BCUT2D eigenvalue weighted by Crippen LogP contribution is -2.09. The third-order valence-electron chi connectivity index (χ3n) is 3.82. The molecule has 0 radical (unpaired) electrons. The van der Waals surface area contributed by atoms with Crippen molar-refractivity contribution in [1.29, 1.82) is 0 Å². The second-order valence-electron chi connectivity index (χ2n) is 5.26. The molecule has 2 heterocycles. The molecule has 0 saturated heterocycles. The van der Waals surface area contributed by atoms with Crippen molar-refractivity contribution in [2.45, 2.75) is 62.2 Å². The van der Waals surface area contributed by atoms with Gasteiger partial charge in [-0.05, 0) is 42.0 Å². The molecule has 2 N–H and O–H groups in total. The maximum atomic E-state index is 5.96. The lowest BCUT2D eigenvalue weighted by Gasteiger charge is -2.12. The molecule has 2 aromatic rings. The van der Waals surface area contributed by atoms with E-state index in [9.17, 15) is 0 Å². The summed E-state index contributed by atoms with van der Waals surface area (Å²) in [5.74, 6) is 1.28. The zero-order valence-electron chi connectivity index (χ0n) is 12.3. The lowest BCUT2D eigenvalue weighted by atomic mass is 10.3. The van der Waals surface area contributed by atoms with Crippen molar-refractivity contribution in [2.75, 3.05) is 5.73 Å². The van der Waals surface area contributed by atoms with Gasteiger partial charge in [-0.15, -0.1) is 5.10 Å². The van der Waals surface area contributed by atoms with Crippen LogP contribution in [0.15, 0.2) is 10.2 Å². The third-order valence-corrected chi connectivity index (χ3v) is 4.86. The molecule has 0 atom stereocenters. The molecule has 1 aliphatic carbocycles. The number of tetrazole rings is 1. The van der Waals surface area contributed by atoms with Crippen LogP contribution in [0.5, 0.6) is 0 Å². The number of nitrogen functional groups attached to an aromatic ring is 1. The van der Waals surface area contributed by atoms with Crippen LogP contribution >= 0.6 is 11.8 Å². The normalized spacial score (nSPS) is 15.7. The minimum Gasteiger partial charge on any atom is -0.383 e. The predicted octanol–water partition coefficient (Wildman–Crippen LogP) is 2.18. The van der Waals surface area contributed by atoms with Gasteiger partial charge in [0.1, 0.15) is 16.7 Å².